The van der Waals surface area contributed by atoms with Crippen LogP contribution in [0.15, 0.2) is 30.3 Å². The largest absolute Gasteiger partial charge is 0.394 e. The Morgan fingerprint density at radius 3 is 2.39 bits per heavy atom. The Bertz CT molecular complexity index is 1050. The number of benzene rings is 1. The van der Waals surface area contributed by atoms with Crippen LogP contribution in [0.25, 0.3) is 0 Å². The maximum Gasteiger partial charge on any atom is 0.244 e. The summed E-state index contributed by atoms with van der Waals surface area (Å²) in [5.74, 6) is -1.45. The molecular weight excluding hydrogens is 498 g/mol. The molecule has 3 saturated heterocycles. The molecule has 0 saturated carbocycles. The summed E-state index contributed by atoms with van der Waals surface area (Å²) in [4.78, 5) is 43.7. The molecule has 3 unspecified atom stereocenters. The SMILES string of the molecule is CC[C@@H](CO)N1C(=O)[C@@H]2[C@@H](C(=O)NCc3ccccc3)[C@H]3CC(C)C2(S3)C1C(=O)NC(C)(C)CC(C)(C)C. The third-order valence-corrected chi connectivity index (χ3v) is 10.6. The third-order valence-electron chi connectivity index (χ3n) is 8.55. The van der Waals surface area contributed by atoms with Crippen molar-refractivity contribution in [2.24, 2.45) is 23.2 Å². The predicted octanol–water partition coefficient (Wildman–Crippen LogP) is 3.74. The number of nitrogens with one attached hydrogen (secondary N) is 2. The van der Waals surface area contributed by atoms with Gasteiger partial charge in [0.2, 0.25) is 17.7 Å². The van der Waals surface area contributed by atoms with E-state index in [9.17, 15) is 19.5 Å². The smallest absolute Gasteiger partial charge is 0.244 e. The van der Waals surface area contributed by atoms with E-state index in [2.05, 4.69) is 38.3 Å². The van der Waals surface area contributed by atoms with Crippen molar-refractivity contribution in [1.82, 2.24) is 15.5 Å². The Labute approximate surface area is 231 Å². The van der Waals surface area contributed by atoms with Gasteiger partial charge in [-0.25, -0.2) is 0 Å². The molecule has 3 fully saturated rings. The monoisotopic (exact) mass is 543 g/mol. The van der Waals surface area contributed by atoms with Crippen LogP contribution in [-0.4, -0.2) is 62.0 Å². The van der Waals surface area contributed by atoms with Gasteiger partial charge in [0.15, 0.2) is 0 Å². The average molecular weight is 544 g/mol. The quantitative estimate of drug-likeness (QED) is 0.441. The first-order valence-corrected chi connectivity index (χ1v) is 14.9. The van der Waals surface area contributed by atoms with Gasteiger partial charge in [-0.3, -0.25) is 14.4 Å². The van der Waals surface area contributed by atoms with Gasteiger partial charge < -0.3 is 20.6 Å². The van der Waals surface area contributed by atoms with E-state index in [0.717, 1.165) is 18.4 Å². The molecule has 210 valence electrons. The van der Waals surface area contributed by atoms with E-state index in [4.69, 9.17) is 0 Å². The summed E-state index contributed by atoms with van der Waals surface area (Å²) in [5, 5.41) is 16.6. The van der Waals surface area contributed by atoms with Crippen LogP contribution < -0.4 is 10.6 Å². The summed E-state index contributed by atoms with van der Waals surface area (Å²) in [6.07, 6.45) is 2.10. The van der Waals surface area contributed by atoms with E-state index in [0.29, 0.717) is 13.0 Å². The van der Waals surface area contributed by atoms with E-state index in [1.54, 1.807) is 16.7 Å². The second kappa shape index (κ2) is 10.5. The maximum absolute atomic E-state index is 14.2. The van der Waals surface area contributed by atoms with Gasteiger partial charge in [0.25, 0.3) is 0 Å². The third kappa shape index (κ3) is 5.10. The maximum atomic E-state index is 14.2. The molecule has 1 aromatic rings. The van der Waals surface area contributed by atoms with Crippen molar-refractivity contribution in [2.75, 3.05) is 6.61 Å². The molecule has 3 amide bonds. The molecule has 1 spiro atoms. The molecule has 3 N–H and O–H groups in total. The first-order valence-electron chi connectivity index (χ1n) is 14.0. The lowest BCUT2D eigenvalue weighted by Crippen LogP contribution is -2.61. The van der Waals surface area contributed by atoms with Crippen molar-refractivity contribution >= 4 is 29.5 Å². The number of thioether (sulfide) groups is 1. The van der Waals surface area contributed by atoms with Crippen LogP contribution in [0, 0.1) is 23.2 Å². The minimum absolute atomic E-state index is 0.00955. The van der Waals surface area contributed by atoms with Crippen molar-refractivity contribution < 1.29 is 19.5 Å². The predicted molar refractivity (Wildman–Crippen MR) is 151 cm³/mol. The summed E-state index contributed by atoms with van der Waals surface area (Å²) < 4.78 is -0.693. The van der Waals surface area contributed by atoms with E-state index in [1.165, 1.54) is 0 Å². The van der Waals surface area contributed by atoms with Crippen molar-refractivity contribution in [3.63, 3.8) is 0 Å². The number of hydrogen-bond acceptors (Lipinski definition) is 5. The molecule has 38 heavy (non-hydrogen) atoms. The first kappa shape index (κ1) is 28.9. The van der Waals surface area contributed by atoms with Crippen LogP contribution in [-0.2, 0) is 20.9 Å². The number of amides is 3. The summed E-state index contributed by atoms with van der Waals surface area (Å²) >= 11 is 1.67. The second-order valence-corrected chi connectivity index (χ2v) is 14.9. The van der Waals surface area contributed by atoms with Gasteiger partial charge in [0.1, 0.15) is 6.04 Å². The highest BCUT2D eigenvalue weighted by molar-refractivity contribution is 8.02. The molecule has 7 nitrogen and oxygen atoms in total. The first-order chi connectivity index (χ1) is 17.8. The zero-order valence-corrected chi connectivity index (χ0v) is 24.7. The van der Waals surface area contributed by atoms with Crippen molar-refractivity contribution in [3.8, 4) is 0 Å². The van der Waals surface area contributed by atoms with Gasteiger partial charge in [-0.1, -0.05) is 65.0 Å². The molecular formula is C30H45N3O4S. The molecule has 3 heterocycles. The highest BCUT2D eigenvalue weighted by Gasteiger charge is 2.76. The standard InChI is InChI=1S/C30H45N3O4S/c1-8-20(16-34)33-24(26(36)32-29(6,7)17-28(3,4)5)30-18(2)14-21(38-30)22(23(30)27(33)37)25(35)31-15-19-12-10-9-11-13-19/h9-13,18,20-24,34H,8,14-17H2,1-7H3,(H,31,35)(H,32,36)/t18?,20-,21+,22-,23-,24?,30?/m0/s1. The number of rotatable bonds is 9. The molecule has 0 aromatic heterocycles. The lowest BCUT2D eigenvalue weighted by Gasteiger charge is -2.42. The number of aliphatic hydroxyl groups excluding tert-OH is 1. The van der Waals surface area contributed by atoms with E-state index in [1.807, 2.05) is 51.1 Å². The lowest BCUT2D eigenvalue weighted by molar-refractivity contribution is -0.143. The van der Waals surface area contributed by atoms with Crippen LogP contribution in [0.1, 0.15) is 73.3 Å². The van der Waals surface area contributed by atoms with Crippen LogP contribution in [0.4, 0.5) is 0 Å². The van der Waals surface area contributed by atoms with Crippen molar-refractivity contribution in [3.05, 3.63) is 35.9 Å². The number of nitrogens with zero attached hydrogens (tertiary/aromatic N) is 1. The second-order valence-electron chi connectivity index (χ2n) is 13.4. The number of carbonyl (C=O) groups excluding carboxylic acids is 3. The Morgan fingerprint density at radius 1 is 1.16 bits per heavy atom. The zero-order valence-electron chi connectivity index (χ0n) is 23.9. The zero-order chi connectivity index (χ0) is 28.0. The topological polar surface area (TPSA) is 98.7 Å². The summed E-state index contributed by atoms with van der Waals surface area (Å²) in [6.45, 7) is 14.7. The van der Waals surface area contributed by atoms with E-state index in [-0.39, 0.29) is 40.9 Å². The number of fused-ring (bicyclic) bond motifs is 1. The minimum Gasteiger partial charge on any atom is -0.394 e. The molecule has 7 atom stereocenters. The van der Waals surface area contributed by atoms with Crippen molar-refractivity contribution in [1.29, 1.82) is 0 Å². The van der Waals surface area contributed by atoms with Gasteiger partial charge in [0.05, 0.1) is 29.2 Å². The highest BCUT2D eigenvalue weighted by Crippen LogP contribution is 2.68. The molecule has 0 aliphatic carbocycles. The molecule has 3 aliphatic rings. The lowest BCUT2D eigenvalue weighted by atomic mass is 9.65. The van der Waals surface area contributed by atoms with E-state index >= 15 is 0 Å². The number of aliphatic hydroxyl groups is 1. The van der Waals surface area contributed by atoms with Gasteiger partial charge in [-0.2, -0.15) is 0 Å². The van der Waals surface area contributed by atoms with Crippen LogP contribution in [0.2, 0.25) is 0 Å². The number of carbonyl (C=O) groups is 3. The number of likely N-dealkylation sites (tertiary alicyclic amines) is 1. The van der Waals surface area contributed by atoms with Crippen LogP contribution in [0.5, 0.6) is 0 Å². The fourth-order valence-electron chi connectivity index (χ4n) is 7.54. The molecule has 4 rings (SSSR count). The van der Waals surface area contributed by atoms with Crippen molar-refractivity contribution in [2.45, 2.75) is 102 Å². The Hall–Kier alpha value is -2.06. The molecule has 8 heteroatoms. The fourth-order valence-corrected chi connectivity index (χ4v) is 9.95. The van der Waals surface area contributed by atoms with Crippen LogP contribution >= 0.6 is 11.8 Å². The Kier molecular flexibility index (Phi) is 7.99. The highest BCUT2D eigenvalue weighted by atomic mass is 32.2. The van der Waals surface area contributed by atoms with Gasteiger partial charge in [-0.15, -0.1) is 11.8 Å². The summed E-state index contributed by atoms with van der Waals surface area (Å²) in [5.41, 5.74) is 0.538. The molecule has 1 aromatic carbocycles. The molecule has 3 aliphatic heterocycles. The molecule has 0 radical (unpaired) electrons. The van der Waals surface area contributed by atoms with E-state index < -0.39 is 34.2 Å². The minimum atomic E-state index is -0.728. The fraction of sp³-hybridized carbons (Fsp3) is 0.700. The van der Waals surface area contributed by atoms with Gasteiger partial charge >= 0.3 is 0 Å². The average Bonchev–Trinajstić information content (AvgIpc) is 3.41. The summed E-state index contributed by atoms with van der Waals surface area (Å²) in [7, 11) is 0. The normalized spacial score (nSPS) is 31.3. The molecule has 2 bridgehead atoms. The number of hydrogen-bond donors (Lipinski definition) is 3. The Morgan fingerprint density at radius 2 is 1.82 bits per heavy atom. The summed E-state index contributed by atoms with van der Waals surface area (Å²) in [6, 6.07) is 8.55. The Balaban J connectivity index is 1.68. The van der Waals surface area contributed by atoms with Gasteiger partial charge in [-0.05, 0) is 50.0 Å². The van der Waals surface area contributed by atoms with Gasteiger partial charge in [0, 0.05) is 17.3 Å². The van der Waals surface area contributed by atoms with Crippen LogP contribution in [0.3, 0.4) is 0 Å².